The van der Waals surface area contributed by atoms with E-state index in [4.69, 9.17) is 23.2 Å². The lowest BCUT2D eigenvalue weighted by Crippen LogP contribution is -2.34. The van der Waals surface area contributed by atoms with E-state index in [2.05, 4.69) is 23.4 Å². The first kappa shape index (κ1) is 18.3. The Morgan fingerprint density at radius 2 is 2.08 bits per heavy atom. The molecule has 1 aliphatic rings. The van der Waals surface area contributed by atoms with E-state index in [9.17, 15) is 4.79 Å². The maximum absolute atomic E-state index is 12.6. The molecule has 0 unspecified atom stereocenters. The summed E-state index contributed by atoms with van der Waals surface area (Å²) in [5.41, 5.74) is 1.06. The van der Waals surface area contributed by atoms with Crippen molar-refractivity contribution in [1.29, 1.82) is 0 Å². The summed E-state index contributed by atoms with van der Waals surface area (Å²) in [7, 11) is 0. The Kier molecular flexibility index (Phi) is 5.70. The van der Waals surface area contributed by atoms with Crippen LogP contribution in [0.2, 0.25) is 10.0 Å². The van der Waals surface area contributed by atoms with E-state index in [1.165, 1.54) is 0 Å². The van der Waals surface area contributed by atoms with Crippen LogP contribution in [-0.2, 0) is 17.9 Å². The summed E-state index contributed by atoms with van der Waals surface area (Å²) in [6.45, 7) is 5.37. The third kappa shape index (κ3) is 4.77. The van der Waals surface area contributed by atoms with Gasteiger partial charge >= 0.3 is 0 Å². The van der Waals surface area contributed by atoms with Crippen LogP contribution in [0.15, 0.2) is 30.6 Å². The maximum Gasteiger partial charge on any atom is 0.223 e. The van der Waals surface area contributed by atoms with Gasteiger partial charge in [-0.15, -0.1) is 0 Å². The Bertz CT molecular complexity index is 753. The van der Waals surface area contributed by atoms with Gasteiger partial charge in [-0.1, -0.05) is 43.1 Å². The minimum absolute atomic E-state index is 0.224. The summed E-state index contributed by atoms with van der Waals surface area (Å²) in [5, 5.41) is 1.10. The van der Waals surface area contributed by atoms with Crippen molar-refractivity contribution in [2.45, 2.75) is 52.2 Å². The van der Waals surface area contributed by atoms with Crippen molar-refractivity contribution in [3.8, 4) is 0 Å². The zero-order valence-corrected chi connectivity index (χ0v) is 16.1. The van der Waals surface area contributed by atoms with Gasteiger partial charge in [0.05, 0.1) is 16.6 Å². The first-order valence-electron chi connectivity index (χ1n) is 8.67. The molecule has 0 saturated heterocycles. The average molecular weight is 380 g/mol. The van der Waals surface area contributed by atoms with Gasteiger partial charge in [0.15, 0.2) is 0 Å². The Labute approximate surface area is 158 Å². The third-order valence-electron chi connectivity index (χ3n) is 4.34. The number of halogens is 2. The highest BCUT2D eigenvalue weighted by atomic mass is 35.5. The van der Waals surface area contributed by atoms with Crippen LogP contribution in [0, 0.1) is 5.92 Å². The van der Waals surface area contributed by atoms with Crippen LogP contribution in [0.4, 0.5) is 0 Å². The lowest BCUT2D eigenvalue weighted by molar-refractivity contribution is -0.133. The lowest BCUT2D eigenvalue weighted by atomic mass is 10.1. The zero-order valence-electron chi connectivity index (χ0n) is 14.6. The molecule has 1 aromatic carbocycles. The third-order valence-corrected chi connectivity index (χ3v) is 5.08. The Hall–Kier alpha value is -1.52. The van der Waals surface area contributed by atoms with Crippen molar-refractivity contribution < 1.29 is 4.79 Å². The predicted octanol–water partition coefficient (Wildman–Crippen LogP) is 4.78. The summed E-state index contributed by atoms with van der Waals surface area (Å²) in [6, 6.07) is 6.01. The number of hydrogen-bond acceptors (Lipinski definition) is 2. The van der Waals surface area contributed by atoms with Crippen LogP contribution in [0.5, 0.6) is 0 Å². The van der Waals surface area contributed by atoms with Crippen molar-refractivity contribution in [2.24, 2.45) is 5.92 Å². The van der Waals surface area contributed by atoms with Crippen LogP contribution >= 0.6 is 23.2 Å². The molecule has 25 heavy (non-hydrogen) atoms. The summed E-state index contributed by atoms with van der Waals surface area (Å²) in [6.07, 6.45) is 6.50. The number of benzene rings is 1. The normalized spacial score (nSPS) is 14.1. The van der Waals surface area contributed by atoms with E-state index >= 15 is 0 Å². The molecule has 0 atom stereocenters. The number of rotatable bonds is 7. The van der Waals surface area contributed by atoms with Crippen molar-refractivity contribution in [3.05, 3.63) is 52.0 Å². The minimum Gasteiger partial charge on any atom is -0.332 e. The van der Waals surface area contributed by atoms with Crippen molar-refractivity contribution in [2.75, 3.05) is 0 Å². The van der Waals surface area contributed by atoms with Gasteiger partial charge in [0.1, 0.15) is 5.82 Å². The maximum atomic E-state index is 12.6. The fourth-order valence-corrected chi connectivity index (χ4v) is 3.22. The minimum atomic E-state index is 0.224. The van der Waals surface area contributed by atoms with E-state index in [0.29, 0.717) is 41.5 Å². The molecular weight excluding hydrogens is 357 g/mol. The standard InChI is InChI=1S/C19H23Cl2N3O/c1-13(2)9-19(25)24(15-4-5-15)12-18-22-7-8-23(18)11-14-3-6-16(20)17(21)10-14/h3,6-8,10,13,15H,4-5,9,11-12H2,1-2H3. The van der Waals surface area contributed by atoms with Gasteiger partial charge in [-0.05, 0) is 36.5 Å². The molecule has 1 amide bonds. The second-order valence-corrected chi connectivity index (χ2v) is 7.89. The number of hydrogen-bond donors (Lipinski definition) is 0. The number of aromatic nitrogens is 2. The molecule has 0 bridgehead atoms. The highest BCUT2D eigenvalue weighted by molar-refractivity contribution is 6.42. The topological polar surface area (TPSA) is 38.1 Å². The Balaban J connectivity index is 1.73. The van der Waals surface area contributed by atoms with Crippen molar-refractivity contribution in [3.63, 3.8) is 0 Å². The van der Waals surface area contributed by atoms with Crippen LogP contribution in [0.25, 0.3) is 0 Å². The number of carbonyl (C=O) groups is 1. The fourth-order valence-electron chi connectivity index (χ4n) is 2.90. The highest BCUT2D eigenvalue weighted by Crippen LogP contribution is 2.29. The molecule has 0 spiro atoms. The molecule has 6 heteroatoms. The molecule has 1 saturated carbocycles. The molecule has 134 valence electrons. The summed E-state index contributed by atoms with van der Waals surface area (Å²) in [4.78, 5) is 19.0. The van der Waals surface area contributed by atoms with E-state index in [0.717, 1.165) is 24.2 Å². The Morgan fingerprint density at radius 3 is 2.72 bits per heavy atom. The second-order valence-electron chi connectivity index (χ2n) is 7.07. The predicted molar refractivity (Wildman–Crippen MR) is 101 cm³/mol. The highest BCUT2D eigenvalue weighted by Gasteiger charge is 2.33. The monoisotopic (exact) mass is 379 g/mol. The Morgan fingerprint density at radius 1 is 1.32 bits per heavy atom. The molecule has 3 rings (SSSR count). The van der Waals surface area contributed by atoms with E-state index in [1.54, 1.807) is 12.3 Å². The number of imidazole rings is 1. The van der Waals surface area contributed by atoms with Crippen molar-refractivity contribution in [1.82, 2.24) is 14.5 Å². The summed E-state index contributed by atoms with van der Waals surface area (Å²) >= 11 is 12.1. The largest absolute Gasteiger partial charge is 0.332 e. The molecule has 0 N–H and O–H groups in total. The molecule has 4 nitrogen and oxygen atoms in total. The van der Waals surface area contributed by atoms with Gasteiger partial charge in [-0.3, -0.25) is 4.79 Å². The second kappa shape index (κ2) is 7.79. The first-order valence-corrected chi connectivity index (χ1v) is 9.43. The zero-order chi connectivity index (χ0) is 18.0. The summed E-state index contributed by atoms with van der Waals surface area (Å²) in [5.74, 6) is 1.49. The van der Waals surface area contributed by atoms with Crippen molar-refractivity contribution >= 4 is 29.1 Å². The van der Waals surface area contributed by atoms with Gasteiger partial charge in [-0.2, -0.15) is 0 Å². The molecule has 0 radical (unpaired) electrons. The van der Waals surface area contributed by atoms with Gasteiger partial charge in [-0.25, -0.2) is 4.98 Å². The fraction of sp³-hybridized carbons (Fsp3) is 0.474. The number of amides is 1. The smallest absolute Gasteiger partial charge is 0.223 e. The lowest BCUT2D eigenvalue weighted by Gasteiger charge is -2.23. The number of carbonyl (C=O) groups excluding carboxylic acids is 1. The molecule has 0 aliphatic heterocycles. The van der Waals surface area contributed by atoms with Crippen LogP contribution in [0.1, 0.15) is 44.5 Å². The van der Waals surface area contributed by atoms with E-state index in [-0.39, 0.29) is 5.91 Å². The summed E-state index contributed by atoms with van der Waals surface area (Å²) < 4.78 is 2.07. The quantitative estimate of drug-likeness (QED) is 0.694. The van der Waals surface area contributed by atoms with Crippen LogP contribution in [0.3, 0.4) is 0 Å². The molecule has 1 aliphatic carbocycles. The SMILES string of the molecule is CC(C)CC(=O)N(Cc1nccn1Cc1ccc(Cl)c(Cl)c1)C1CC1. The molecular formula is C19H23Cl2N3O. The van der Waals surface area contributed by atoms with Gasteiger partial charge in [0.25, 0.3) is 0 Å². The van der Waals surface area contributed by atoms with Gasteiger partial charge in [0, 0.05) is 31.4 Å². The first-order chi connectivity index (χ1) is 11.9. The molecule has 1 heterocycles. The van der Waals surface area contributed by atoms with Gasteiger partial charge < -0.3 is 9.47 Å². The molecule has 1 fully saturated rings. The van der Waals surface area contributed by atoms with Crippen LogP contribution < -0.4 is 0 Å². The number of nitrogens with zero attached hydrogens (tertiary/aromatic N) is 3. The molecule has 2 aromatic rings. The van der Waals surface area contributed by atoms with E-state index in [1.807, 2.05) is 23.2 Å². The van der Waals surface area contributed by atoms with Crippen LogP contribution in [-0.4, -0.2) is 26.4 Å². The molecule has 1 aromatic heterocycles. The average Bonchev–Trinajstić information content (AvgIpc) is 3.29. The van der Waals surface area contributed by atoms with Gasteiger partial charge in [0.2, 0.25) is 5.91 Å². The van der Waals surface area contributed by atoms with E-state index < -0.39 is 0 Å².